The number of hydrogen-bond acceptors (Lipinski definition) is 1. The summed E-state index contributed by atoms with van der Waals surface area (Å²) in [5.41, 5.74) is 0. The zero-order valence-corrected chi connectivity index (χ0v) is 7.29. The normalized spacial score (nSPS) is 38.6. The first-order valence-corrected chi connectivity index (χ1v) is 4.77. The molecule has 2 aliphatic rings. The van der Waals surface area contributed by atoms with E-state index in [0.717, 1.165) is 12.0 Å². The van der Waals surface area contributed by atoms with Crippen LogP contribution in [0.15, 0.2) is 12.2 Å². The van der Waals surface area contributed by atoms with E-state index in [2.05, 4.69) is 24.0 Å². The first kappa shape index (κ1) is 7.35. The van der Waals surface area contributed by atoms with Gasteiger partial charge >= 0.3 is 0 Å². The average molecular weight is 151 g/mol. The Morgan fingerprint density at radius 3 is 3.09 bits per heavy atom. The summed E-state index contributed by atoms with van der Waals surface area (Å²) in [7, 11) is 0. The highest BCUT2D eigenvalue weighted by Gasteiger charge is 2.27. The maximum atomic E-state index is 2.63. The summed E-state index contributed by atoms with van der Waals surface area (Å²) in [4.78, 5) is 2.63. The number of piperidine rings is 1. The van der Waals surface area contributed by atoms with E-state index in [9.17, 15) is 0 Å². The van der Waals surface area contributed by atoms with E-state index in [0.29, 0.717) is 0 Å². The third-order valence-electron chi connectivity index (χ3n) is 3.11. The van der Waals surface area contributed by atoms with Crippen molar-refractivity contribution < 1.29 is 0 Å². The van der Waals surface area contributed by atoms with Crippen LogP contribution in [-0.4, -0.2) is 24.0 Å². The minimum absolute atomic E-state index is 0.869. The molecule has 0 saturated carbocycles. The zero-order chi connectivity index (χ0) is 7.68. The molecule has 2 rings (SSSR count). The summed E-state index contributed by atoms with van der Waals surface area (Å²) in [5, 5.41) is 0. The van der Waals surface area contributed by atoms with Crippen molar-refractivity contribution in [1.82, 2.24) is 4.90 Å². The van der Waals surface area contributed by atoms with Crippen LogP contribution in [0.2, 0.25) is 0 Å². The van der Waals surface area contributed by atoms with Crippen LogP contribution in [-0.2, 0) is 0 Å². The van der Waals surface area contributed by atoms with Gasteiger partial charge in [-0.25, -0.2) is 0 Å². The Bertz CT molecular complexity index is 162. The summed E-state index contributed by atoms with van der Waals surface area (Å²) in [5.74, 6) is 0.925. The van der Waals surface area contributed by atoms with Crippen LogP contribution in [0.4, 0.5) is 0 Å². The Balaban J connectivity index is 2.07. The smallest absolute Gasteiger partial charge is 0.0166 e. The van der Waals surface area contributed by atoms with Gasteiger partial charge < -0.3 is 0 Å². The Morgan fingerprint density at radius 1 is 1.36 bits per heavy atom. The van der Waals surface area contributed by atoms with Crippen LogP contribution in [0.25, 0.3) is 0 Å². The van der Waals surface area contributed by atoms with Crippen LogP contribution in [0.1, 0.15) is 26.2 Å². The Hall–Kier alpha value is -0.300. The molecule has 0 amide bonds. The van der Waals surface area contributed by atoms with Crippen molar-refractivity contribution in [3.05, 3.63) is 12.2 Å². The molecule has 1 fully saturated rings. The molecule has 0 aliphatic carbocycles. The van der Waals surface area contributed by atoms with Crippen molar-refractivity contribution in [3.63, 3.8) is 0 Å². The Labute approximate surface area is 69.1 Å². The molecular formula is C10H17N. The van der Waals surface area contributed by atoms with Crippen LogP contribution in [0, 0.1) is 5.92 Å². The molecule has 1 nitrogen and oxygen atoms in total. The van der Waals surface area contributed by atoms with E-state index >= 15 is 0 Å². The summed E-state index contributed by atoms with van der Waals surface area (Å²) in [6, 6.07) is 0.869. The molecule has 0 aromatic carbocycles. The van der Waals surface area contributed by atoms with E-state index in [1.54, 1.807) is 0 Å². The number of hydrogen-bond donors (Lipinski definition) is 0. The molecule has 0 N–H and O–H groups in total. The Morgan fingerprint density at radius 2 is 2.27 bits per heavy atom. The summed E-state index contributed by atoms with van der Waals surface area (Å²) in [6.45, 7) is 4.93. The number of fused-ring (bicyclic) bond motifs is 1. The van der Waals surface area contributed by atoms with Gasteiger partial charge in [0.25, 0.3) is 0 Å². The van der Waals surface area contributed by atoms with Gasteiger partial charge in [0.15, 0.2) is 0 Å². The molecule has 1 saturated heterocycles. The van der Waals surface area contributed by atoms with Gasteiger partial charge in [-0.15, -0.1) is 0 Å². The van der Waals surface area contributed by atoms with Crippen LogP contribution < -0.4 is 0 Å². The van der Waals surface area contributed by atoms with Crippen LogP contribution in [0.3, 0.4) is 0 Å². The molecular weight excluding hydrogens is 134 g/mol. The van der Waals surface area contributed by atoms with Gasteiger partial charge in [-0.2, -0.15) is 0 Å². The highest BCUT2D eigenvalue weighted by Crippen LogP contribution is 2.27. The van der Waals surface area contributed by atoms with E-state index in [1.165, 1.54) is 32.4 Å². The van der Waals surface area contributed by atoms with Gasteiger partial charge in [0.05, 0.1) is 0 Å². The predicted octanol–water partition coefficient (Wildman–Crippen LogP) is 2.05. The van der Waals surface area contributed by atoms with Crippen molar-refractivity contribution in [3.8, 4) is 0 Å². The molecule has 11 heavy (non-hydrogen) atoms. The lowest BCUT2D eigenvalue weighted by Gasteiger charge is -2.41. The fraction of sp³-hybridized carbons (Fsp3) is 0.800. The average Bonchev–Trinajstić information content (AvgIpc) is 2.06. The Kier molecular flexibility index (Phi) is 1.99. The van der Waals surface area contributed by atoms with Gasteiger partial charge in [0.1, 0.15) is 0 Å². The topological polar surface area (TPSA) is 3.24 Å². The highest BCUT2D eigenvalue weighted by molar-refractivity contribution is 4.99. The molecule has 2 heterocycles. The molecule has 0 aromatic rings. The molecule has 2 atom stereocenters. The lowest BCUT2D eigenvalue weighted by Crippen LogP contribution is -2.45. The van der Waals surface area contributed by atoms with Crippen LogP contribution in [0.5, 0.6) is 0 Å². The van der Waals surface area contributed by atoms with Gasteiger partial charge in [-0.3, -0.25) is 4.90 Å². The summed E-state index contributed by atoms with van der Waals surface area (Å²) in [6.07, 6.45) is 8.80. The second kappa shape index (κ2) is 2.98. The lowest BCUT2D eigenvalue weighted by molar-refractivity contribution is 0.109. The number of nitrogens with zero attached hydrogens (tertiary/aromatic N) is 1. The molecule has 0 bridgehead atoms. The quantitative estimate of drug-likeness (QED) is 0.479. The first-order valence-electron chi connectivity index (χ1n) is 4.77. The predicted molar refractivity (Wildman–Crippen MR) is 47.5 cm³/mol. The van der Waals surface area contributed by atoms with Gasteiger partial charge in [0, 0.05) is 12.6 Å². The third-order valence-corrected chi connectivity index (χ3v) is 3.11. The second-order valence-electron chi connectivity index (χ2n) is 3.89. The molecule has 2 unspecified atom stereocenters. The summed E-state index contributed by atoms with van der Waals surface area (Å²) >= 11 is 0. The fourth-order valence-corrected chi connectivity index (χ4v) is 2.39. The minimum atomic E-state index is 0.869. The monoisotopic (exact) mass is 151 g/mol. The molecule has 0 aromatic heterocycles. The van der Waals surface area contributed by atoms with Crippen LogP contribution >= 0.6 is 0 Å². The lowest BCUT2D eigenvalue weighted by atomic mass is 9.87. The highest BCUT2D eigenvalue weighted by atomic mass is 15.2. The van der Waals surface area contributed by atoms with Gasteiger partial charge in [0.2, 0.25) is 0 Å². The molecule has 0 radical (unpaired) electrons. The van der Waals surface area contributed by atoms with E-state index in [1.807, 2.05) is 0 Å². The van der Waals surface area contributed by atoms with Crippen molar-refractivity contribution in [1.29, 1.82) is 0 Å². The number of rotatable bonds is 0. The van der Waals surface area contributed by atoms with Crippen molar-refractivity contribution in [2.45, 2.75) is 32.2 Å². The van der Waals surface area contributed by atoms with Crippen molar-refractivity contribution in [2.24, 2.45) is 5.92 Å². The standard InChI is InChI=1S/C10H17N/c1-9-5-4-8-11-7-3-2-6-10(9)11/h2-3,9-10H,4-8H2,1H3. The van der Waals surface area contributed by atoms with Gasteiger partial charge in [-0.05, 0) is 31.7 Å². The maximum Gasteiger partial charge on any atom is 0.0166 e. The van der Waals surface area contributed by atoms with Crippen molar-refractivity contribution >= 4 is 0 Å². The maximum absolute atomic E-state index is 2.63. The van der Waals surface area contributed by atoms with E-state index in [-0.39, 0.29) is 0 Å². The zero-order valence-electron chi connectivity index (χ0n) is 7.29. The second-order valence-corrected chi connectivity index (χ2v) is 3.89. The molecule has 2 aliphatic heterocycles. The largest absolute Gasteiger partial charge is 0.296 e. The van der Waals surface area contributed by atoms with Gasteiger partial charge in [-0.1, -0.05) is 19.1 Å². The van der Waals surface area contributed by atoms with Crippen molar-refractivity contribution in [2.75, 3.05) is 13.1 Å². The fourth-order valence-electron chi connectivity index (χ4n) is 2.39. The SMILES string of the molecule is CC1CCCN2CC=CCC12. The van der Waals surface area contributed by atoms with E-state index in [4.69, 9.17) is 0 Å². The molecule has 1 heteroatoms. The van der Waals surface area contributed by atoms with E-state index < -0.39 is 0 Å². The minimum Gasteiger partial charge on any atom is -0.296 e. The first-order chi connectivity index (χ1) is 5.38. The third kappa shape index (κ3) is 1.34. The molecule has 0 spiro atoms. The summed E-state index contributed by atoms with van der Waals surface area (Å²) < 4.78 is 0. The molecule has 62 valence electrons.